The zero-order valence-electron chi connectivity index (χ0n) is 18.1. The van der Waals surface area contributed by atoms with Gasteiger partial charge in [0.2, 0.25) is 5.91 Å². The predicted octanol–water partition coefficient (Wildman–Crippen LogP) is 4.14. The summed E-state index contributed by atoms with van der Waals surface area (Å²) in [7, 11) is 0. The molecule has 0 saturated carbocycles. The molecule has 0 aliphatic carbocycles. The Labute approximate surface area is 183 Å². The maximum atomic E-state index is 12.7. The fourth-order valence-electron chi connectivity index (χ4n) is 3.62. The first kappa shape index (κ1) is 22.1. The summed E-state index contributed by atoms with van der Waals surface area (Å²) in [6.07, 6.45) is 8.20. The van der Waals surface area contributed by atoms with Crippen molar-refractivity contribution in [3.63, 3.8) is 0 Å². The number of fused-ring (bicyclic) bond motifs is 1. The fourth-order valence-corrected chi connectivity index (χ4v) is 4.22. The van der Waals surface area contributed by atoms with Gasteiger partial charge in [-0.05, 0) is 60.4 Å². The van der Waals surface area contributed by atoms with Gasteiger partial charge in [0.1, 0.15) is 0 Å². The second-order valence-electron chi connectivity index (χ2n) is 7.82. The summed E-state index contributed by atoms with van der Waals surface area (Å²) in [5.41, 5.74) is 4.94. The SMILES string of the molecule is CSc1ccccc1C(=O)NCc1c(C)ncc2c1CCN(C(=O)/C=C/C(C)C)C2. The van der Waals surface area contributed by atoms with E-state index in [2.05, 4.69) is 24.1 Å². The molecule has 2 aromatic rings. The molecule has 1 N–H and O–H groups in total. The third kappa shape index (κ3) is 5.11. The highest BCUT2D eigenvalue weighted by Gasteiger charge is 2.23. The van der Waals surface area contributed by atoms with Crippen molar-refractivity contribution in [2.45, 2.75) is 45.2 Å². The number of rotatable bonds is 6. The lowest BCUT2D eigenvalue weighted by Gasteiger charge is -2.30. The van der Waals surface area contributed by atoms with E-state index in [0.29, 0.717) is 31.1 Å². The number of hydrogen-bond acceptors (Lipinski definition) is 4. The summed E-state index contributed by atoms with van der Waals surface area (Å²) in [4.78, 5) is 32.5. The Morgan fingerprint density at radius 2 is 2.07 bits per heavy atom. The van der Waals surface area contributed by atoms with E-state index in [1.54, 1.807) is 17.8 Å². The number of aromatic nitrogens is 1. The van der Waals surface area contributed by atoms with Gasteiger partial charge in [0.05, 0.1) is 5.56 Å². The van der Waals surface area contributed by atoms with Crippen LogP contribution in [0, 0.1) is 12.8 Å². The monoisotopic (exact) mass is 423 g/mol. The number of aryl methyl sites for hydroxylation is 1. The number of pyridine rings is 1. The Morgan fingerprint density at radius 3 is 2.80 bits per heavy atom. The predicted molar refractivity (Wildman–Crippen MR) is 121 cm³/mol. The molecule has 30 heavy (non-hydrogen) atoms. The van der Waals surface area contributed by atoms with Crippen LogP contribution in [0.1, 0.15) is 46.6 Å². The second kappa shape index (κ2) is 9.94. The Morgan fingerprint density at radius 1 is 1.30 bits per heavy atom. The standard InChI is InChI=1S/C24H29N3O2S/c1-16(2)9-10-23(28)27-12-11-19-18(15-27)13-25-17(3)21(19)14-26-24(29)20-7-5-6-8-22(20)30-4/h5-10,13,16H,11-12,14-15H2,1-4H3,(H,26,29)/b10-9+. The molecule has 0 unspecified atom stereocenters. The lowest BCUT2D eigenvalue weighted by atomic mass is 9.94. The van der Waals surface area contributed by atoms with E-state index in [4.69, 9.17) is 0 Å². The highest BCUT2D eigenvalue weighted by atomic mass is 32.2. The number of carbonyl (C=O) groups is 2. The van der Waals surface area contributed by atoms with Crippen molar-refractivity contribution in [2.75, 3.05) is 12.8 Å². The Bertz CT molecular complexity index is 969. The van der Waals surface area contributed by atoms with Crippen LogP contribution >= 0.6 is 11.8 Å². The molecule has 1 aromatic carbocycles. The zero-order valence-corrected chi connectivity index (χ0v) is 18.9. The van der Waals surface area contributed by atoms with E-state index in [-0.39, 0.29) is 11.8 Å². The Kier molecular flexibility index (Phi) is 7.32. The lowest BCUT2D eigenvalue weighted by Crippen LogP contribution is -2.36. The third-order valence-corrected chi connectivity index (χ3v) is 6.10. The molecule has 0 radical (unpaired) electrons. The minimum Gasteiger partial charge on any atom is -0.348 e. The van der Waals surface area contributed by atoms with Gasteiger partial charge in [-0.1, -0.05) is 32.1 Å². The van der Waals surface area contributed by atoms with Gasteiger partial charge < -0.3 is 10.2 Å². The Hall–Kier alpha value is -2.60. The van der Waals surface area contributed by atoms with Crippen molar-refractivity contribution >= 4 is 23.6 Å². The molecule has 1 aromatic heterocycles. The summed E-state index contributed by atoms with van der Waals surface area (Å²) in [5, 5.41) is 3.06. The molecular formula is C24H29N3O2S. The number of amides is 2. The largest absolute Gasteiger partial charge is 0.348 e. The topological polar surface area (TPSA) is 62.3 Å². The number of hydrogen-bond donors (Lipinski definition) is 1. The van der Waals surface area contributed by atoms with Crippen LogP contribution in [-0.4, -0.2) is 34.5 Å². The second-order valence-corrected chi connectivity index (χ2v) is 8.67. The number of nitrogens with one attached hydrogen (secondary N) is 1. The summed E-state index contributed by atoms with van der Waals surface area (Å²) in [6, 6.07) is 7.62. The number of carbonyl (C=O) groups excluding carboxylic acids is 2. The molecule has 0 atom stereocenters. The molecule has 2 amide bonds. The maximum Gasteiger partial charge on any atom is 0.252 e. The van der Waals surface area contributed by atoms with Gasteiger partial charge >= 0.3 is 0 Å². The van der Waals surface area contributed by atoms with Crippen LogP contribution in [0.4, 0.5) is 0 Å². The minimum atomic E-state index is -0.0802. The molecule has 3 rings (SSSR count). The van der Waals surface area contributed by atoms with Crippen molar-refractivity contribution < 1.29 is 9.59 Å². The average molecular weight is 424 g/mol. The molecule has 2 heterocycles. The van der Waals surface area contributed by atoms with E-state index in [1.165, 1.54) is 5.56 Å². The van der Waals surface area contributed by atoms with E-state index in [9.17, 15) is 9.59 Å². The molecular weight excluding hydrogens is 394 g/mol. The highest BCUT2D eigenvalue weighted by molar-refractivity contribution is 7.98. The first-order chi connectivity index (χ1) is 14.4. The lowest BCUT2D eigenvalue weighted by molar-refractivity contribution is -0.126. The Balaban J connectivity index is 1.74. The maximum absolute atomic E-state index is 12.7. The van der Waals surface area contributed by atoms with Gasteiger partial charge in [0.25, 0.3) is 5.91 Å². The van der Waals surface area contributed by atoms with Gasteiger partial charge in [-0.2, -0.15) is 0 Å². The molecule has 0 bridgehead atoms. The average Bonchev–Trinajstić information content (AvgIpc) is 2.76. The van der Waals surface area contributed by atoms with Gasteiger partial charge in [0, 0.05) is 36.4 Å². The molecule has 6 heteroatoms. The highest BCUT2D eigenvalue weighted by Crippen LogP contribution is 2.25. The van der Waals surface area contributed by atoms with Gasteiger partial charge in [0.15, 0.2) is 0 Å². The van der Waals surface area contributed by atoms with Crippen LogP contribution in [0.3, 0.4) is 0 Å². The van der Waals surface area contributed by atoms with E-state index in [1.807, 2.05) is 54.6 Å². The van der Waals surface area contributed by atoms with Crippen LogP contribution in [0.15, 0.2) is 47.5 Å². The van der Waals surface area contributed by atoms with Crippen molar-refractivity contribution in [3.8, 4) is 0 Å². The van der Waals surface area contributed by atoms with Crippen molar-refractivity contribution in [1.82, 2.24) is 15.2 Å². The quantitative estimate of drug-likeness (QED) is 0.560. The number of thioether (sulfide) groups is 1. The number of allylic oxidation sites excluding steroid dienone is 1. The van der Waals surface area contributed by atoms with Crippen molar-refractivity contribution in [3.05, 3.63) is 70.6 Å². The van der Waals surface area contributed by atoms with E-state index in [0.717, 1.165) is 28.1 Å². The minimum absolute atomic E-state index is 0.0402. The summed E-state index contributed by atoms with van der Waals surface area (Å²) >= 11 is 1.56. The van der Waals surface area contributed by atoms with Crippen LogP contribution in [0.2, 0.25) is 0 Å². The van der Waals surface area contributed by atoms with E-state index >= 15 is 0 Å². The van der Waals surface area contributed by atoms with Crippen molar-refractivity contribution in [1.29, 1.82) is 0 Å². The summed E-state index contributed by atoms with van der Waals surface area (Å²) < 4.78 is 0. The molecule has 1 aliphatic rings. The van der Waals surface area contributed by atoms with Crippen LogP contribution < -0.4 is 5.32 Å². The molecule has 1 aliphatic heterocycles. The molecule has 0 saturated heterocycles. The molecule has 0 spiro atoms. The van der Waals surface area contributed by atoms with Gasteiger partial charge in [-0.25, -0.2) is 0 Å². The van der Waals surface area contributed by atoms with Crippen LogP contribution in [0.25, 0.3) is 0 Å². The van der Waals surface area contributed by atoms with E-state index < -0.39 is 0 Å². The first-order valence-corrected chi connectivity index (χ1v) is 11.5. The molecule has 0 fully saturated rings. The fraction of sp³-hybridized carbons (Fsp3) is 0.375. The molecule has 5 nitrogen and oxygen atoms in total. The van der Waals surface area contributed by atoms with Gasteiger partial charge in [-0.3, -0.25) is 14.6 Å². The van der Waals surface area contributed by atoms with Crippen molar-refractivity contribution in [2.24, 2.45) is 5.92 Å². The first-order valence-electron chi connectivity index (χ1n) is 10.2. The summed E-state index contributed by atoms with van der Waals surface area (Å²) in [6.45, 7) is 7.75. The number of benzene rings is 1. The normalized spacial score (nSPS) is 13.6. The zero-order chi connectivity index (χ0) is 21.7. The smallest absolute Gasteiger partial charge is 0.252 e. The molecule has 158 valence electrons. The number of nitrogens with zero attached hydrogens (tertiary/aromatic N) is 2. The summed E-state index contributed by atoms with van der Waals surface area (Å²) in [5.74, 6) is 0.309. The van der Waals surface area contributed by atoms with Crippen LogP contribution in [-0.2, 0) is 24.3 Å². The van der Waals surface area contributed by atoms with Crippen LogP contribution in [0.5, 0.6) is 0 Å². The third-order valence-electron chi connectivity index (χ3n) is 5.31. The van der Waals surface area contributed by atoms with Gasteiger partial charge in [-0.15, -0.1) is 11.8 Å².